The third kappa shape index (κ3) is 4.82. The molecule has 31 heavy (non-hydrogen) atoms. The third-order valence-electron chi connectivity index (χ3n) is 4.90. The highest BCUT2D eigenvalue weighted by atomic mass is 32.2. The number of rotatable bonds is 6. The zero-order chi connectivity index (χ0) is 21.8. The molecule has 1 amide bonds. The Bertz CT molecular complexity index is 1170. The van der Waals surface area contributed by atoms with Crippen LogP contribution in [0, 0.1) is 6.92 Å². The van der Waals surface area contributed by atoms with Crippen molar-refractivity contribution in [2.24, 2.45) is 0 Å². The van der Waals surface area contributed by atoms with Crippen molar-refractivity contribution in [3.05, 3.63) is 71.4 Å². The van der Waals surface area contributed by atoms with Crippen molar-refractivity contribution < 1.29 is 22.5 Å². The first kappa shape index (κ1) is 21.2. The lowest BCUT2D eigenvalue weighted by Gasteiger charge is -2.26. The van der Waals surface area contributed by atoms with Crippen molar-refractivity contribution in [3.8, 4) is 0 Å². The Morgan fingerprint density at radius 2 is 1.81 bits per heavy atom. The molecular weight excluding hydrogens is 420 g/mol. The number of aromatic nitrogens is 2. The minimum absolute atomic E-state index is 0.151. The van der Waals surface area contributed by atoms with E-state index in [1.54, 1.807) is 13.0 Å². The third-order valence-corrected chi connectivity index (χ3v) is 6.81. The Hall–Kier alpha value is -3.08. The fourth-order valence-corrected chi connectivity index (χ4v) is 4.69. The van der Waals surface area contributed by atoms with Crippen LogP contribution in [0.25, 0.3) is 0 Å². The van der Waals surface area contributed by atoms with Crippen LogP contribution in [0.5, 0.6) is 0 Å². The number of sulfonamides is 1. The summed E-state index contributed by atoms with van der Waals surface area (Å²) >= 11 is 0. The van der Waals surface area contributed by atoms with Gasteiger partial charge in [0.05, 0.1) is 24.5 Å². The lowest BCUT2D eigenvalue weighted by atomic mass is 10.1. The number of hydrogen-bond acceptors (Lipinski definition) is 7. The number of amides is 1. The van der Waals surface area contributed by atoms with E-state index in [1.165, 1.54) is 28.6 Å². The summed E-state index contributed by atoms with van der Waals surface area (Å²) in [6, 6.07) is 13.2. The number of carbonyl (C=O) groups excluding carboxylic acids is 1. The summed E-state index contributed by atoms with van der Waals surface area (Å²) in [5, 5.41) is 6.65. The van der Waals surface area contributed by atoms with Gasteiger partial charge in [-0.15, -0.1) is 0 Å². The monoisotopic (exact) mass is 442 g/mol. The average Bonchev–Trinajstić information content (AvgIpc) is 3.20. The largest absolute Gasteiger partial charge is 0.379 e. The molecule has 0 atom stereocenters. The molecule has 10 heteroatoms. The number of aryl methyl sites for hydroxylation is 1. The van der Waals surface area contributed by atoms with Crippen molar-refractivity contribution in [2.75, 3.05) is 31.6 Å². The molecule has 0 unspecified atom stereocenters. The van der Waals surface area contributed by atoms with Gasteiger partial charge in [-0.2, -0.15) is 9.29 Å². The summed E-state index contributed by atoms with van der Waals surface area (Å²) in [5.74, 6) is 0.657. The number of hydrogen-bond donors (Lipinski definition) is 1. The molecule has 162 valence electrons. The number of anilines is 1. The number of morpholine rings is 1. The van der Waals surface area contributed by atoms with E-state index >= 15 is 0 Å². The van der Waals surface area contributed by atoms with Crippen LogP contribution in [-0.4, -0.2) is 55.1 Å². The molecule has 1 aliphatic rings. The van der Waals surface area contributed by atoms with Gasteiger partial charge in [0.1, 0.15) is 0 Å². The molecule has 1 N–H and O–H groups in total. The van der Waals surface area contributed by atoms with E-state index in [2.05, 4.69) is 15.5 Å². The van der Waals surface area contributed by atoms with E-state index in [9.17, 15) is 13.2 Å². The molecule has 0 saturated carbocycles. The Morgan fingerprint density at radius 3 is 2.48 bits per heavy atom. The second kappa shape index (κ2) is 8.96. The fraction of sp³-hybridized carbons (Fsp3) is 0.286. The summed E-state index contributed by atoms with van der Waals surface area (Å²) < 4.78 is 37.2. The number of carbonyl (C=O) groups is 1. The zero-order valence-corrected chi connectivity index (χ0v) is 17.8. The molecule has 4 rings (SSSR count). The predicted molar refractivity (Wildman–Crippen MR) is 112 cm³/mol. The van der Waals surface area contributed by atoms with Crippen molar-refractivity contribution in [2.45, 2.75) is 18.2 Å². The normalized spacial score (nSPS) is 15.0. The first-order valence-corrected chi connectivity index (χ1v) is 11.2. The van der Waals surface area contributed by atoms with Crippen LogP contribution in [0.2, 0.25) is 0 Å². The molecule has 1 aromatic heterocycles. The minimum atomic E-state index is -3.60. The Morgan fingerprint density at radius 1 is 1.10 bits per heavy atom. The maximum Gasteiger partial charge on any atom is 0.255 e. The lowest BCUT2D eigenvalue weighted by molar-refractivity contribution is 0.0730. The van der Waals surface area contributed by atoms with Crippen molar-refractivity contribution in [1.29, 1.82) is 0 Å². The predicted octanol–water partition coefficient (Wildman–Crippen LogP) is 2.24. The van der Waals surface area contributed by atoms with E-state index in [0.717, 1.165) is 5.56 Å². The standard InChI is InChI=1S/C21H22N4O5S/c1-15-22-20(30-24-15)14-17-4-2-3-5-19(17)23-21(26)16-6-8-18(9-7-16)31(27,28)25-10-12-29-13-11-25/h2-9H,10-14H2,1H3,(H,23,26). The second-order valence-electron chi connectivity index (χ2n) is 7.06. The van der Waals surface area contributed by atoms with Crippen molar-refractivity contribution >= 4 is 21.6 Å². The Kier molecular flexibility index (Phi) is 6.12. The molecule has 2 aromatic carbocycles. The molecule has 1 saturated heterocycles. The smallest absolute Gasteiger partial charge is 0.255 e. The molecule has 1 fully saturated rings. The summed E-state index contributed by atoms with van der Waals surface area (Å²) in [5.41, 5.74) is 1.80. The summed E-state index contributed by atoms with van der Waals surface area (Å²) in [6.07, 6.45) is 0.383. The van der Waals surface area contributed by atoms with E-state index in [-0.39, 0.29) is 10.8 Å². The maximum atomic E-state index is 12.7. The first-order valence-electron chi connectivity index (χ1n) is 9.80. The molecule has 3 aromatic rings. The number of benzene rings is 2. The lowest BCUT2D eigenvalue weighted by Crippen LogP contribution is -2.40. The topological polar surface area (TPSA) is 115 Å². The van der Waals surface area contributed by atoms with Gasteiger partial charge in [0.25, 0.3) is 5.91 Å². The van der Waals surface area contributed by atoms with Gasteiger partial charge in [0, 0.05) is 24.3 Å². The van der Waals surface area contributed by atoms with Gasteiger partial charge in [0.15, 0.2) is 5.82 Å². The fourth-order valence-electron chi connectivity index (χ4n) is 3.28. The average molecular weight is 442 g/mol. The highest BCUT2D eigenvalue weighted by molar-refractivity contribution is 7.89. The highest BCUT2D eigenvalue weighted by Crippen LogP contribution is 2.21. The SMILES string of the molecule is Cc1noc(Cc2ccccc2NC(=O)c2ccc(S(=O)(=O)N3CCOCC3)cc2)n1. The molecule has 2 heterocycles. The van der Waals surface area contributed by atoms with Crippen LogP contribution in [-0.2, 0) is 21.2 Å². The van der Waals surface area contributed by atoms with Crippen LogP contribution in [0.4, 0.5) is 5.69 Å². The van der Waals surface area contributed by atoms with Crippen LogP contribution >= 0.6 is 0 Å². The Labute approximate surface area is 180 Å². The number of nitrogens with zero attached hydrogens (tertiary/aromatic N) is 3. The van der Waals surface area contributed by atoms with Gasteiger partial charge in [-0.1, -0.05) is 23.4 Å². The number of nitrogens with one attached hydrogen (secondary N) is 1. The molecule has 0 bridgehead atoms. The minimum Gasteiger partial charge on any atom is -0.379 e. The number of para-hydroxylation sites is 1. The molecule has 0 radical (unpaired) electrons. The zero-order valence-electron chi connectivity index (χ0n) is 16.9. The van der Waals surface area contributed by atoms with Crippen molar-refractivity contribution in [3.63, 3.8) is 0 Å². The van der Waals surface area contributed by atoms with Gasteiger partial charge in [-0.25, -0.2) is 8.42 Å². The number of ether oxygens (including phenoxy) is 1. The maximum absolute atomic E-state index is 12.7. The molecular formula is C21H22N4O5S. The van der Waals surface area contributed by atoms with Crippen LogP contribution in [0.3, 0.4) is 0 Å². The van der Waals surface area contributed by atoms with Gasteiger partial charge in [-0.3, -0.25) is 4.79 Å². The molecule has 1 aliphatic heterocycles. The van der Waals surface area contributed by atoms with Gasteiger partial charge in [0.2, 0.25) is 15.9 Å². The molecule has 0 spiro atoms. The molecule has 0 aliphatic carbocycles. The van der Waals surface area contributed by atoms with E-state index < -0.39 is 10.0 Å². The van der Waals surface area contributed by atoms with Gasteiger partial charge < -0.3 is 14.6 Å². The van der Waals surface area contributed by atoms with E-state index in [4.69, 9.17) is 9.26 Å². The van der Waals surface area contributed by atoms with Crippen molar-refractivity contribution in [1.82, 2.24) is 14.4 Å². The van der Waals surface area contributed by atoms with Crippen LogP contribution in [0.1, 0.15) is 27.6 Å². The van der Waals surface area contributed by atoms with E-state index in [0.29, 0.717) is 55.7 Å². The summed E-state index contributed by atoms with van der Waals surface area (Å²) in [4.78, 5) is 17.1. The summed E-state index contributed by atoms with van der Waals surface area (Å²) in [6.45, 7) is 3.13. The van der Waals surface area contributed by atoms with Crippen LogP contribution < -0.4 is 5.32 Å². The first-order chi connectivity index (χ1) is 14.9. The molecule has 9 nitrogen and oxygen atoms in total. The van der Waals surface area contributed by atoms with Gasteiger partial charge in [-0.05, 0) is 42.8 Å². The highest BCUT2D eigenvalue weighted by Gasteiger charge is 2.26. The summed E-state index contributed by atoms with van der Waals surface area (Å²) in [7, 11) is -3.60. The van der Waals surface area contributed by atoms with E-state index in [1.807, 2.05) is 18.2 Å². The van der Waals surface area contributed by atoms with Gasteiger partial charge >= 0.3 is 0 Å². The quantitative estimate of drug-likeness (QED) is 0.623. The Balaban J connectivity index is 1.48. The second-order valence-corrected chi connectivity index (χ2v) is 9.00. The van der Waals surface area contributed by atoms with Crippen LogP contribution in [0.15, 0.2) is 57.9 Å².